The highest BCUT2D eigenvalue weighted by Gasteiger charge is 2.24. The van der Waals surface area contributed by atoms with Crippen molar-refractivity contribution < 1.29 is 14.3 Å². The Morgan fingerprint density at radius 1 is 1.09 bits per heavy atom. The number of ketones is 1. The summed E-state index contributed by atoms with van der Waals surface area (Å²) in [4.78, 5) is 29.2. The highest BCUT2D eigenvalue weighted by atomic mass is 16.5. The van der Waals surface area contributed by atoms with Crippen molar-refractivity contribution in [1.29, 1.82) is 0 Å². The summed E-state index contributed by atoms with van der Waals surface area (Å²) in [5, 5.41) is 4.45. The van der Waals surface area contributed by atoms with Crippen LogP contribution in [0.4, 0.5) is 0 Å². The maximum atomic E-state index is 12.8. The Labute approximate surface area is 192 Å². The van der Waals surface area contributed by atoms with Gasteiger partial charge in [-0.05, 0) is 49.3 Å². The van der Waals surface area contributed by atoms with Crippen LogP contribution in [0.15, 0.2) is 61.1 Å². The molecule has 0 unspecified atom stereocenters. The minimum absolute atomic E-state index is 0.0617. The SMILES string of the molecule is CC(=O)CCc1c(C(=O)OCc2ccccc2)cnn1Cc1cn2cc(C3CC3)ccc2n1. The van der Waals surface area contributed by atoms with Gasteiger partial charge in [0.15, 0.2) is 0 Å². The lowest BCUT2D eigenvalue weighted by Crippen LogP contribution is -2.13. The number of hydrogen-bond donors (Lipinski definition) is 0. The molecule has 168 valence electrons. The van der Waals surface area contributed by atoms with Crippen LogP contribution in [0.3, 0.4) is 0 Å². The van der Waals surface area contributed by atoms with Gasteiger partial charge in [0.25, 0.3) is 0 Å². The number of carbonyl (C=O) groups is 2. The number of nitrogens with zero attached hydrogens (tertiary/aromatic N) is 4. The Morgan fingerprint density at radius 2 is 1.91 bits per heavy atom. The summed E-state index contributed by atoms with van der Waals surface area (Å²) in [6.45, 7) is 2.15. The molecule has 1 saturated carbocycles. The third-order valence-electron chi connectivity index (χ3n) is 5.98. The van der Waals surface area contributed by atoms with Crippen LogP contribution in [0.1, 0.15) is 65.0 Å². The van der Waals surface area contributed by atoms with Crippen LogP contribution in [0.25, 0.3) is 5.65 Å². The Bertz CT molecular complexity index is 1300. The van der Waals surface area contributed by atoms with E-state index in [0.29, 0.717) is 36.6 Å². The lowest BCUT2D eigenvalue weighted by molar-refractivity contribution is -0.117. The van der Waals surface area contributed by atoms with Crippen molar-refractivity contribution in [3.8, 4) is 0 Å². The lowest BCUT2D eigenvalue weighted by Gasteiger charge is -2.09. The Kier molecular flexibility index (Phi) is 5.77. The summed E-state index contributed by atoms with van der Waals surface area (Å²) in [5.74, 6) is 0.299. The molecule has 1 aromatic carbocycles. The number of pyridine rings is 1. The maximum absolute atomic E-state index is 12.8. The van der Waals surface area contributed by atoms with Gasteiger partial charge in [-0.1, -0.05) is 36.4 Å². The number of ether oxygens (including phenoxy) is 1. The van der Waals surface area contributed by atoms with E-state index in [-0.39, 0.29) is 12.4 Å². The second kappa shape index (κ2) is 9.02. The van der Waals surface area contributed by atoms with Crippen molar-refractivity contribution in [2.24, 2.45) is 0 Å². The minimum Gasteiger partial charge on any atom is -0.457 e. The number of hydrogen-bond acceptors (Lipinski definition) is 5. The van der Waals surface area contributed by atoms with Gasteiger partial charge in [-0.15, -0.1) is 0 Å². The molecule has 0 atom stereocenters. The molecule has 1 fully saturated rings. The van der Waals surface area contributed by atoms with Gasteiger partial charge in [0, 0.05) is 18.8 Å². The van der Waals surface area contributed by atoms with Crippen LogP contribution in [0, 0.1) is 0 Å². The first-order chi connectivity index (χ1) is 16.1. The third-order valence-corrected chi connectivity index (χ3v) is 5.98. The molecular weight excluding hydrogens is 416 g/mol. The highest BCUT2D eigenvalue weighted by molar-refractivity contribution is 5.90. The molecule has 7 heteroatoms. The molecule has 0 N–H and O–H groups in total. The number of rotatable bonds is 9. The van der Waals surface area contributed by atoms with Crippen LogP contribution in [0.5, 0.6) is 0 Å². The molecule has 1 aliphatic rings. The maximum Gasteiger partial charge on any atom is 0.341 e. The van der Waals surface area contributed by atoms with E-state index in [1.807, 2.05) is 42.6 Å². The smallest absolute Gasteiger partial charge is 0.341 e. The second-order valence-electron chi connectivity index (χ2n) is 8.66. The predicted octanol–water partition coefficient (Wildman–Crippen LogP) is 4.34. The Hall–Kier alpha value is -3.74. The van der Waals surface area contributed by atoms with Gasteiger partial charge in [-0.25, -0.2) is 9.78 Å². The topological polar surface area (TPSA) is 78.5 Å². The molecule has 4 aromatic rings. The summed E-state index contributed by atoms with van der Waals surface area (Å²) in [7, 11) is 0. The molecule has 1 aliphatic carbocycles. The van der Waals surface area contributed by atoms with E-state index in [4.69, 9.17) is 9.72 Å². The van der Waals surface area contributed by atoms with Gasteiger partial charge in [-0.3, -0.25) is 4.68 Å². The first-order valence-corrected chi connectivity index (χ1v) is 11.3. The molecule has 3 aromatic heterocycles. The number of Topliss-reactive ketones (excluding diaryl/α,β-unsaturated/α-hetero) is 1. The first kappa shape index (κ1) is 21.1. The summed E-state index contributed by atoms with van der Waals surface area (Å²) in [6.07, 6.45) is 8.95. The van der Waals surface area contributed by atoms with Crippen molar-refractivity contribution in [3.63, 3.8) is 0 Å². The molecule has 0 spiro atoms. The van der Waals surface area contributed by atoms with Gasteiger partial charge in [0.05, 0.1) is 24.1 Å². The van der Waals surface area contributed by atoms with Crippen LogP contribution in [-0.2, 0) is 29.1 Å². The molecular formula is C26H26N4O3. The van der Waals surface area contributed by atoms with Crippen LogP contribution >= 0.6 is 0 Å². The van der Waals surface area contributed by atoms with E-state index < -0.39 is 5.97 Å². The largest absolute Gasteiger partial charge is 0.457 e. The van der Waals surface area contributed by atoms with Crippen molar-refractivity contribution >= 4 is 17.4 Å². The quantitative estimate of drug-likeness (QED) is 0.361. The number of fused-ring (bicyclic) bond motifs is 1. The van der Waals surface area contributed by atoms with Crippen molar-refractivity contribution in [3.05, 3.63) is 89.1 Å². The van der Waals surface area contributed by atoms with Crippen molar-refractivity contribution in [1.82, 2.24) is 19.2 Å². The second-order valence-corrected chi connectivity index (χ2v) is 8.66. The number of benzene rings is 1. The summed E-state index contributed by atoms with van der Waals surface area (Å²) >= 11 is 0. The molecule has 0 saturated heterocycles. The number of esters is 1. The zero-order valence-electron chi connectivity index (χ0n) is 18.6. The average Bonchev–Trinajstić information content (AvgIpc) is 3.47. The molecule has 3 heterocycles. The zero-order chi connectivity index (χ0) is 22.8. The van der Waals surface area contributed by atoms with E-state index in [9.17, 15) is 9.59 Å². The summed E-state index contributed by atoms with van der Waals surface area (Å²) in [6, 6.07) is 13.7. The fourth-order valence-electron chi connectivity index (χ4n) is 4.03. The van der Waals surface area contributed by atoms with Gasteiger partial charge in [0.1, 0.15) is 23.6 Å². The van der Waals surface area contributed by atoms with Crippen molar-refractivity contribution in [2.45, 2.75) is 51.7 Å². The van der Waals surface area contributed by atoms with Crippen LogP contribution < -0.4 is 0 Å². The third kappa shape index (κ3) is 4.87. The summed E-state index contributed by atoms with van der Waals surface area (Å²) < 4.78 is 9.33. The standard InChI is InChI=1S/C26H26N4O3/c1-18(31)7-11-24-23(26(32)33-17-19-5-3-2-4-6-19)13-27-30(24)16-22-15-29-14-21(20-8-9-20)10-12-25(29)28-22/h2-6,10,12-15,20H,7-9,11,16-17H2,1H3. The average molecular weight is 443 g/mol. The molecule has 33 heavy (non-hydrogen) atoms. The van der Waals surface area contributed by atoms with Crippen LogP contribution in [-0.4, -0.2) is 30.9 Å². The first-order valence-electron chi connectivity index (χ1n) is 11.3. The van der Waals surface area contributed by atoms with Gasteiger partial charge in [0.2, 0.25) is 0 Å². The van der Waals surface area contributed by atoms with Crippen LogP contribution in [0.2, 0.25) is 0 Å². The molecule has 0 bridgehead atoms. The fraction of sp³-hybridized carbons (Fsp3) is 0.308. The molecule has 0 radical (unpaired) electrons. The lowest BCUT2D eigenvalue weighted by atomic mass is 10.1. The van der Waals surface area contributed by atoms with Crippen molar-refractivity contribution in [2.75, 3.05) is 0 Å². The Morgan fingerprint density at radius 3 is 2.67 bits per heavy atom. The molecule has 5 rings (SSSR count). The van der Waals surface area contributed by atoms with Gasteiger partial charge >= 0.3 is 5.97 Å². The normalized spacial score (nSPS) is 13.4. The van der Waals surface area contributed by atoms with E-state index >= 15 is 0 Å². The Balaban J connectivity index is 1.37. The van der Waals surface area contributed by atoms with E-state index in [0.717, 1.165) is 16.9 Å². The number of imidazole rings is 1. The highest BCUT2D eigenvalue weighted by Crippen LogP contribution is 2.39. The molecule has 0 aliphatic heterocycles. The van der Waals surface area contributed by atoms with Gasteiger partial charge in [-0.2, -0.15) is 5.10 Å². The van der Waals surface area contributed by atoms with E-state index in [1.165, 1.54) is 24.6 Å². The molecule has 7 nitrogen and oxygen atoms in total. The monoisotopic (exact) mass is 442 g/mol. The molecule has 0 amide bonds. The number of carbonyl (C=O) groups excluding carboxylic acids is 2. The number of aromatic nitrogens is 4. The van der Waals surface area contributed by atoms with Gasteiger partial charge < -0.3 is 13.9 Å². The minimum atomic E-state index is -0.437. The predicted molar refractivity (Wildman–Crippen MR) is 123 cm³/mol. The zero-order valence-corrected chi connectivity index (χ0v) is 18.6. The summed E-state index contributed by atoms with van der Waals surface area (Å²) in [5.41, 5.74) is 5.08. The van der Waals surface area contributed by atoms with E-state index in [2.05, 4.69) is 21.8 Å². The van der Waals surface area contributed by atoms with E-state index in [1.54, 1.807) is 11.6 Å². The fourth-order valence-corrected chi connectivity index (χ4v) is 4.03.